The zero-order chi connectivity index (χ0) is 19.6. The number of methoxy groups -OCH3 is 1. The zero-order valence-electron chi connectivity index (χ0n) is 17.3. The smallest absolute Gasteiger partial charge is 0.338 e. The van der Waals surface area contributed by atoms with E-state index in [0.717, 1.165) is 17.3 Å². The molecule has 2 nitrogen and oxygen atoms in total. The summed E-state index contributed by atoms with van der Waals surface area (Å²) in [6.45, 7) is 6.64. The van der Waals surface area contributed by atoms with E-state index in [2.05, 4.69) is 45.0 Å². The van der Waals surface area contributed by atoms with E-state index in [9.17, 15) is 4.79 Å². The number of ether oxygens (including phenoxy) is 1. The van der Waals surface area contributed by atoms with Gasteiger partial charge in [-0.15, -0.1) is 7.92 Å². The third kappa shape index (κ3) is 6.18. The van der Waals surface area contributed by atoms with Crippen LogP contribution in [0.2, 0.25) is 0 Å². The number of esters is 1. The van der Waals surface area contributed by atoms with Gasteiger partial charge >= 0.3 is 5.97 Å². The van der Waals surface area contributed by atoms with Gasteiger partial charge in [-0.25, -0.2) is 4.79 Å². The molecule has 3 heteroatoms. The lowest BCUT2D eigenvalue weighted by Crippen LogP contribution is -2.05. The highest BCUT2D eigenvalue weighted by atomic mass is 31.1. The summed E-state index contributed by atoms with van der Waals surface area (Å²) in [4.78, 5) is 12.3. The van der Waals surface area contributed by atoms with E-state index in [0.29, 0.717) is 5.56 Å². The lowest BCUT2D eigenvalue weighted by molar-refractivity contribution is 0.0601. The Bertz CT molecular complexity index is 731. The van der Waals surface area contributed by atoms with E-state index >= 15 is 0 Å². The van der Waals surface area contributed by atoms with Gasteiger partial charge in [0.25, 0.3) is 0 Å². The highest BCUT2D eigenvalue weighted by Crippen LogP contribution is 2.42. The van der Waals surface area contributed by atoms with Gasteiger partial charge in [-0.05, 0) is 72.6 Å². The van der Waals surface area contributed by atoms with Crippen molar-refractivity contribution in [1.82, 2.24) is 0 Å². The minimum Gasteiger partial charge on any atom is -0.465 e. The van der Waals surface area contributed by atoms with Gasteiger partial charge in [-0.2, -0.15) is 0 Å². The first-order valence-electron chi connectivity index (χ1n) is 10.1. The van der Waals surface area contributed by atoms with Crippen LogP contribution in [0.25, 0.3) is 11.1 Å². The van der Waals surface area contributed by atoms with Crippen LogP contribution in [0.1, 0.15) is 61.0 Å². The Morgan fingerprint density at radius 1 is 0.963 bits per heavy atom. The fourth-order valence-corrected chi connectivity index (χ4v) is 6.15. The lowest BCUT2D eigenvalue weighted by Gasteiger charge is -2.19. The van der Waals surface area contributed by atoms with Gasteiger partial charge in [0, 0.05) is 0 Å². The molecule has 0 heterocycles. The minimum atomic E-state index is -0.265. The molecule has 0 spiro atoms. The highest BCUT2D eigenvalue weighted by Gasteiger charge is 2.17. The summed E-state index contributed by atoms with van der Waals surface area (Å²) < 4.78 is 5.03. The summed E-state index contributed by atoms with van der Waals surface area (Å²) >= 11 is 0. The topological polar surface area (TPSA) is 26.3 Å². The molecular weight excluding hydrogens is 351 g/mol. The largest absolute Gasteiger partial charge is 0.465 e. The average molecular weight is 385 g/mol. The van der Waals surface area contributed by atoms with Crippen LogP contribution < -0.4 is 0 Å². The molecule has 2 aromatic rings. The second-order valence-electron chi connectivity index (χ2n) is 7.17. The van der Waals surface area contributed by atoms with Crippen molar-refractivity contribution in [1.29, 1.82) is 0 Å². The van der Waals surface area contributed by atoms with Gasteiger partial charge in [-0.1, -0.05) is 57.0 Å². The summed E-state index contributed by atoms with van der Waals surface area (Å²) in [5.74, 6) is -0.265. The SMILES string of the molecule is CCCCP(CCCC)Cc1ccc(C(=O)OC)c(-c2ccccc2C)c1. The number of carbonyl (C=O) groups is 1. The van der Waals surface area contributed by atoms with Crippen LogP contribution in [0, 0.1) is 6.92 Å². The van der Waals surface area contributed by atoms with Gasteiger partial charge in [-0.3, -0.25) is 0 Å². The first kappa shape index (κ1) is 21.6. The first-order chi connectivity index (χ1) is 13.1. The average Bonchev–Trinajstić information content (AvgIpc) is 2.69. The van der Waals surface area contributed by atoms with Crippen LogP contribution in [0.4, 0.5) is 0 Å². The van der Waals surface area contributed by atoms with Crippen molar-refractivity contribution in [3.8, 4) is 11.1 Å². The van der Waals surface area contributed by atoms with Crippen LogP contribution in [0.5, 0.6) is 0 Å². The molecule has 0 saturated heterocycles. The minimum absolute atomic E-state index is 0.0176. The van der Waals surface area contributed by atoms with Crippen molar-refractivity contribution >= 4 is 13.9 Å². The summed E-state index contributed by atoms with van der Waals surface area (Å²) in [5, 5.41) is 0. The van der Waals surface area contributed by atoms with Crippen molar-refractivity contribution in [3.63, 3.8) is 0 Å². The Morgan fingerprint density at radius 3 is 2.22 bits per heavy atom. The number of hydrogen-bond acceptors (Lipinski definition) is 2. The fraction of sp³-hybridized carbons (Fsp3) is 0.458. The predicted molar refractivity (Wildman–Crippen MR) is 118 cm³/mol. The monoisotopic (exact) mass is 384 g/mol. The molecule has 0 aliphatic carbocycles. The molecule has 0 aliphatic heterocycles. The normalized spacial score (nSPS) is 11.0. The van der Waals surface area contributed by atoms with Crippen LogP contribution >= 0.6 is 7.92 Å². The van der Waals surface area contributed by atoms with Crippen molar-refractivity contribution in [2.75, 3.05) is 19.4 Å². The summed E-state index contributed by atoms with van der Waals surface area (Å²) in [6.07, 6.45) is 9.02. The molecule has 146 valence electrons. The van der Waals surface area contributed by atoms with E-state index < -0.39 is 0 Å². The van der Waals surface area contributed by atoms with Gasteiger partial charge < -0.3 is 4.74 Å². The van der Waals surface area contributed by atoms with E-state index in [-0.39, 0.29) is 13.9 Å². The maximum Gasteiger partial charge on any atom is 0.338 e. The highest BCUT2D eigenvalue weighted by molar-refractivity contribution is 7.56. The van der Waals surface area contributed by atoms with Crippen LogP contribution in [0.3, 0.4) is 0 Å². The Kier molecular flexibility index (Phi) is 9.01. The molecule has 0 bridgehead atoms. The quantitative estimate of drug-likeness (QED) is 0.325. The number of aryl methyl sites for hydroxylation is 1. The van der Waals surface area contributed by atoms with Gasteiger partial charge in [0.05, 0.1) is 12.7 Å². The van der Waals surface area contributed by atoms with E-state index in [1.807, 2.05) is 18.2 Å². The molecule has 0 N–H and O–H groups in total. The maximum absolute atomic E-state index is 12.3. The summed E-state index contributed by atoms with van der Waals surface area (Å²) in [7, 11) is 1.47. The number of unbranched alkanes of at least 4 members (excludes halogenated alkanes) is 2. The number of carbonyl (C=O) groups excluding carboxylic acids is 1. The van der Waals surface area contributed by atoms with Gasteiger partial charge in [0.2, 0.25) is 0 Å². The lowest BCUT2D eigenvalue weighted by atomic mass is 9.94. The van der Waals surface area contributed by atoms with E-state index in [1.165, 1.54) is 56.2 Å². The maximum atomic E-state index is 12.3. The Morgan fingerprint density at radius 2 is 1.63 bits per heavy atom. The molecule has 0 radical (unpaired) electrons. The number of rotatable bonds is 10. The molecule has 0 aliphatic rings. The van der Waals surface area contributed by atoms with Gasteiger partial charge in [0.15, 0.2) is 0 Å². The Labute approximate surface area is 166 Å². The van der Waals surface area contributed by atoms with Crippen molar-refractivity contribution < 1.29 is 9.53 Å². The van der Waals surface area contributed by atoms with Crippen LogP contribution in [0.15, 0.2) is 42.5 Å². The zero-order valence-corrected chi connectivity index (χ0v) is 18.1. The molecule has 0 aromatic heterocycles. The molecule has 0 unspecified atom stereocenters. The summed E-state index contributed by atoms with van der Waals surface area (Å²) in [6, 6.07) is 14.6. The van der Waals surface area contributed by atoms with Crippen LogP contribution in [-0.4, -0.2) is 25.4 Å². The molecule has 2 aromatic carbocycles. The molecule has 0 amide bonds. The van der Waals surface area contributed by atoms with Crippen molar-refractivity contribution in [3.05, 3.63) is 59.2 Å². The number of benzene rings is 2. The second kappa shape index (κ2) is 11.2. The third-order valence-electron chi connectivity index (χ3n) is 4.99. The molecular formula is C24H33O2P. The van der Waals surface area contributed by atoms with Crippen molar-refractivity contribution in [2.24, 2.45) is 0 Å². The fourth-order valence-electron chi connectivity index (χ4n) is 3.37. The second-order valence-corrected chi connectivity index (χ2v) is 9.72. The van der Waals surface area contributed by atoms with Crippen molar-refractivity contribution in [2.45, 2.75) is 52.6 Å². The van der Waals surface area contributed by atoms with E-state index in [1.54, 1.807) is 0 Å². The Hall–Kier alpha value is -1.66. The Balaban J connectivity index is 2.36. The predicted octanol–water partition coefficient (Wildman–Crippen LogP) is 7.03. The molecule has 0 saturated carbocycles. The summed E-state index contributed by atoms with van der Waals surface area (Å²) in [5.41, 5.74) is 5.30. The number of hydrogen-bond donors (Lipinski definition) is 0. The third-order valence-corrected chi connectivity index (χ3v) is 7.70. The van der Waals surface area contributed by atoms with Crippen LogP contribution in [-0.2, 0) is 10.9 Å². The molecule has 0 fully saturated rings. The molecule has 0 atom stereocenters. The van der Waals surface area contributed by atoms with E-state index in [4.69, 9.17) is 4.74 Å². The first-order valence-corrected chi connectivity index (χ1v) is 12.0. The van der Waals surface area contributed by atoms with Gasteiger partial charge in [0.1, 0.15) is 0 Å². The molecule has 2 rings (SSSR count). The molecule has 27 heavy (non-hydrogen) atoms. The standard InChI is InChI=1S/C24H33O2P/c1-5-7-15-27(16-8-6-2)18-20-13-14-22(24(25)26-4)23(17-20)21-12-10-9-11-19(21)3/h9-14,17H,5-8,15-16,18H2,1-4H3.